The molecule has 1 aromatic heterocycles. The summed E-state index contributed by atoms with van der Waals surface area (Å²) in [6.07, 6.45) is 3.16. The second-order valence-electron chi connectivity index (χ2n) is 1.88. The summed E-state index contributed by atoms with van der Waals surface area (Å²) in [6, 6.07) is 1.69. The molecule has 1 aromatic rings. The molecule has 0 saturated carbocycles. The minimum absolute atomic E-state index is 0.603. The molecule has 9 heavy (non-hydrogen) atoms. The molecule has 4 heteroatoms. The van der Waals surface area contributed by atoms with Gasteiger partial charge in [0.25, 0.3) is 0 Å². The number of hydrogen-bond acceptors (Lipinski definition) is 2. The van der Waals surface area contributed by atoms with Crippen molar-refractivity contribution in [2.45, 2.75) is 6.54 Å². The first-order valence-corrected chi connectivity index (χ1v) is 2.69. The van der Waals surface area contributed by atoms with Gasteiger partial charge in [0.2, 0.25) is 0 Å². The third kappa shape index (κ3) is 0.468. The Morgan fingerprint density at radius 1 is 1.78 bits per heavy atom. The zero-order chi connectivity index (χ0) is 6.27. The van der Waals surface area contributed by atoms with Gasteiger partial charge in [0, 0.05) is 0 Å². The molecule has 4 nitrogen and oxygen atoms in total. The third-order valence-electron chi connectivity index (χ3n) is 1.34. The Morgan fingerprint density at radius 2 is 2.67 bits per heavy atom. The number of hydrogen-bond donors (Lipinski definition) is 0. The maximum atomic E-state index is 10.7. The van der Waals surface area contributed by atoms with E-state index in [2.05, 4.69) is 5.10 Å². The standard InChI is InChI=1S/C5H5N3O/c9-8-4-3-7-5(8)1-2-6-7/h1-2,4H,3H2. The topological polar surface area (TPSA) is 43.9 Å². The molecule has 0 atom stereocenters. The number of aromatic nitrogens is 2. The van der Waals surface area contributed by atoms with Crippen LogP contribution in [-0.4, -0.2) is 20.7 Å². The van der Waals surface area contributed by atoms with E-state index in [1.807, 2.05) is 0 Å². The summed E-state index contributed by atoms with van der Waals surface area (Å²) < 4.78 is 2.47. The average molecular weight is 123 g/mol. The summed E-state index contributed by atoms with van der Waals surface area (Å²) in [6.45, 7) is 0.603. The lowest BCUT2D eigenvalue weighted by molar-refractivity contribution is -0.355. The van der Waals surface area contributed by atoms with Crippen molar-refractivity contribution in [1.82, 2.24) is 9.78 Å². The van der Waals surface area contributed by atoms with Crippen LogP contribution in [-0.2, 0) is 6.54 Å². The maximum Gasteiger partial charge on any atom is 0.306 e. The van der Waals surface area contributed by atoms with Gasteiger partial charge in [-0.1, -0.05) is 5.10 Å². The quantitative estimate of drug-likeness (QED) is 0.363. The smallest absolute Gasteiger partial charge is 0.306 e. The molecule has 2 rings (SSSR count). The van der Waals surface area contributed by atoms with Crippen LogP contribution in [0.2, 0.25) is 0 Å². The molecular formula is C5H5N3O. The lowest BCUT2D eigenvalue weighted by Gasteiger charge is -1.96. The van der Waals surface area contributed by atoms with Crippen LogP contribution in [0.1, 0.15) is 0 Å². The Kier molecular flexibility index (Phi) is 0.677. The van der Waals surface area contributed by atoms with Crippen molar-refractivity contribution in [2.75, 3.05) is 0 Å². The van der Waals surface area contributed by atoms with Crippen LogP contribution in [0.25, 0.3) is 0 Å². The van der Waals surface area contributed by atoms with Crippen molar-refractivity contribution in [3.63, 3.8) is 0 Å². The fourth-order valence-corrected chi connectivity index (χ4v) is 0.899. The second kappa shape index (κ2) is 1.34. The van der Waals surface area contributed by atoms with Crippen molar-refractivity contribution in [2.24, 2.45) is 0 Å². The first kappa shape index (κ1) is 4.55. The van der Waals surface area contributed by atoms with Gasteiger partial charge in [-0.2, -0.15) is 0 Å². The molecular weight excluding hydrogens is 118 g/mol. The van der Waals surface area contributed by atoms with Crippen LogP contribution in [0.5, 0.6) is 0 Å². The van der Waals surface area contributed by atoms with E-state index in [0.717, 1.165) is 4.74 Å². The van der Waals surface area contributed by atoms with Gasteiger partial charge in [-0.05, 0) is 0 Å². The van der Waals surface area contributed by atoms with Crippen LogP contribution in [0.15, 0.2) is 12.3 Å². The predicted octanol–water partition coefficient (Wildman–Crippen LogP) is 0.109. The third-order valence-corrected chi connectivity index (χ3v) is 1.34. The molecule has 0 aromatic carbocycles. The van der Waals surface area contributed by atoms with Gasteiger partial charge in [-0.15, -0.1) is 4.68 Å². The van der Waals surface area contributed by atoms with Gasteiger partial charge in [0.15, 0.2) is 6.54 Å². The molecule has 0 N–H and O–H groups in total. The van der Waals surface area contributed by atoms with Gasteiger partial charge < -0.3 is 5.21 Å². The molecule has 0 spiro atoms. The molecule has 0 amide bonds. The molecule has 0 aliphatic carbocycles. The summed E-state index contributed by atoms with van der Waals surface area (Å²) >= 11 is 0. The van der Waals surface area contributed by atoms with Gasteiger partial charge in [0.1, 0.15) is 6.21 Å². The highest BCUT2D eigenvalue weighted by molar-refractivity contribution is 5.56. The SMILES string of the molecule is [O-][N+]1=CCn2nccc21. The van der Waals surface area contributed by atoms with E-state index in [4.69, 9.17) is 0 Å². The van der Waals surface area contributed by atoms with Crippen LogP contribution in [0, 0.1) is 5.21 Å². The lowest BCUT2D eigenvalue weighted by atomic mass is 10.7. The van der Waals surface area contributed by atoms with Crippen molar-refractivity contribution in [3.8, 4) is 0 Å². The molecule has 0 bridgehead atoms. The second-order valence-corrected chi connectivity index (χ2v) is 1.88. The summed E-state index contributed by atoms with van der Waals surface area (Å²) in [5.41, 5.74) is 0. The maximum absolute atomic E-state index is 10.7. The Hall–Kier alpha value is -1.32. The minimum atomic E-state index is 0.603. The molecule has 1 aliphatic rings. The molecule has 2 heterocycles. The Bertz CT molecular complexity index is 263. The summed E-state index contributed by atoms with van der Waals surface area (Å²) in [5, 5.41) is 14.6. The Labute approximate surface area is 51.6 Å². The molecule has 1 aliphatic heterocycles. The van der Waals surface area contributed by atoms with E-state index in [1.54, 1.807) is 23.2 Å². The molecule has 0 fully saturated rings. The zero-order valence-electron chi connectivity index (χ0n) is 4.69. The summed E-state index contributed by atoms with van der Waals surface area (Å²) in [5.74, 6) is 0.620. The highest BCUT2D eigenvalue weighted by atomic mass is 16.5. The number of nitrogens with zero attached hydrogens (tertiary/aromatic N) is 3. The van der Waals surface area contributed by atoms with Crippen molar-refractivity contribution >= 4 is 12.0 Å². The van der Waals surface area contributed by atoms with Crippen LogP contribution in [0.4, 0.5) is 5.82 Å². The van der Waals surface area contributed by atoms with E-state index in [0.29, 0.717) is 12.4 Å². The molecule has 0 saturated heterocycles. The largest absolute Gasteiger partial charge is 0.711 e. The highest BCUT2D eigenvalue weighted by Crippen LogP contribution is 2.12. The number of fused-ring (bicyclic) bond motifs is 1. The van der Waals surface area contributed by atoms with Crippen LogP contribution in [0.3, 0.4) is 0 Å². The Morgan fingerprint density at radius 3 is 3.44 bits per heavy atom. The Balaban J connectivity index is 2.62. The predicted molar refractivity (Wildman–Crippen MR) is 31.6 cm³/mol. The van der Waals surface area contributed by atoms with Gasteiger partial charge in [0.05, 0.1) is 12.3 Å². The normalized spacial score (nSPS) is 15.3. The first-order chi connectivity index (χ1) is 4.38. The fraction of sp³-hybridized carbons (Fsp3) is 0.200. The van der Waals surface area contributed by atoms with E-state index in [1.165, 1.54) is 0 Å². The monoisotopic (exact) mass is 123 g/mol. The lowest BCUT2D eigenvalue weighted by Crippen LogP contribution is -1.92. The van der Waals surface area contributed by atoms with Crippen LogP contribution >= 0.6 is 0 Å². The molecule has 0 unspecified atom stereocenters. The van der Waals surface area contributed by atoms with Gasteiger partial charge >= 0.3 is 5.82 Å². The summed E-state index contributed by atoms with van der Waals surface area (Å²) in [4.78, 5) is 0. The van der Waals surface area contributed by atoms with E-state index < -0.39 is 0 Å². The highest BCUT2D eigenvalue weighted by Gasteiger charge is 2.15. The van der Waals surface area contributed by atoms with E-state index in [9.17, 15) is 5.21 Å². The van der Waals surface area contributed by atoms with Crippen molar-refractivity contribution < 1.29 is 4.74 Å². The van der Waals surface area contributed by atoms with E-state index in [-0.39, 0.29) is 0 Å². The molecule has 46 valence electrons. The fourth-order valence-electron chi connectivity index (χ4n) is 0.899. The summed E-state index contributed by atoms with van der Waals surface area (Å²) in [7, 11) is 0. The number of rotatable bonds is 0. The minimum Gasteiger partial charge on any atom is -0.711 e. The van der Waals surface area contributed by atoms with Gasteiger partial charge in [-0.25, -0.2) is 4.74 Å². The van der Waals surface area contributed by atoms with Crippen LogP contribution < -0.4 is 0 Å². The average Bonchev–Trinajstić information content (AvgIpc) is 2.35. The van der Waals surface area contributed by atoms with Crippen molar-refractivity contribution in [1.29, 1.82) is 0 Å². The molecule has 0 radical (unpaired) electrons. The van der Waals surface area contributed by atoms with E-state index >= 15 is 0 Å². The first-order valence-electron chi connectivity index (χ1n) is 2.69. The van der Waals surface area contributed by atoms with Gasteiger partial charge in [-0.3, -0.25) is 0 Å². The van der Waals surface area contributed by atoms with Crippen molar-refractivity contribution in [3.05, 3.63) is 17.5 Å². The zero-order valence-corrected chi connectivity index (χ0v) is 4.69.